The fraction of sp³-hybridized carbons (Fsp3) is 0. The molecule has 6 heteroatoms. The molecule has 0 aliphatic rings. The number of nitrogens with zero attached hydrogens (tertiary/aromatic N) is 2. The zero-order valence-electron chi connectivity index (χ0n) is 4.12. The Bertz CT molecular complexity index is 121. The first-order chi connectivity index (χ1) is 3.41. The molecule has 4 nitrogen and oxygen atoms in total. The van der Waals surface area contributed by atoms with Crippen molar-refractivity contribution >= 4 is 75.7 Å². The Labute approximate surface area is 92.5 Å². The van der Waals surface area contributed by atoms with E-state index in [1.54, 1.807) is 0 Å². The minimum atomic E-state index is 0. The molecule has 0 amide bonds. The molecule has 0 saturated heterocycles. The maximum atomic E-state index is 9.18. The second kappa shape index (κ2) is 10.7. The maximum absolute atomic E-state index is 9.18. The third-order valence-electron chi connectivity index (χ3n) is 0.156. The molecule has 0 aliphatic carbocycles. The molecule has 0 aromatic heterocycles. The predicted molar refractivity (Wildman–Crippen MR) is 29.6 cm³/mol. The Morgan fingerprint density at radius 3 is 1.75 bits per heavy atom. The molecule has 8 heavy (non-hydrogen) atoms. The van der Waals surface area contributed by atoms with E-state index in [1.807, 2.05) is 0 Å². The van der Waals surface area contributed by atoms with Crippen molar-refractivity contribution in [2.24, 2.45) is 8.80 Å². The molecule has 0 heterocycles. The van der Waals surface area contributed by atoms with Crippen molar-refractivity contribution in [3.8, 4) is 0 Å². The molecular weight excluding hydrogens is 155 g/mol. The molecule has 0 bridgehead atoms. The van der Waals surface area contributed by atoms with Crippen LogP contribution in [0.25, 0.3) is 0 Å². The standard InChI is InChI=1S/C2N2O2S.K/c5-1-3-7-4-2-6;. The van der Waals surface area contributed by atoms with Crippen molar-refractivity contribution < 1.29 is 9.59 Å². The SMILES string of the molecule is O=C=NSN=C=O.[K]. The molecule has 0 aromatic rings. The molecule has 0 rings (SSSR count). The van der Waals surface area contributed by atoms with Gasteiger partial charge in [0.2, 0.25) is 12.2 Å². The fourth-order valence-corrected chi connectivity index (χ4v) is 0.161. The number of rotatable bonds is 2. The minimum Gasteiger partial charge on any atom is -0.210 e. The van der Waals surface area contributed by atoms with Crippen LogP contribution in [-0.4, -0.2) is 63.5 Å². The van der Waals surface area contributed by atoms with Crippen molar-refractivity contribution in [2.45, 2.75) is 0 Å². The van der Waals surface area contributed by atoms with Gasteiger partial charge in [0.25, 0.3) is 0 Å². The topological polar surface area (TPSA) is 58.9 Å². The summed E-state index contributed by atoms with van der Waals surface area (Å²) < 4.78 is 5.69. The van der Waals surface area contributed by atoms with Gasteiger partial charge in [-0.15, -0.1) is 8.80 Å². The van der Waals surface area contributed by atoms with E-state index in [0.29, 0.717) is 12.1 Å². The van der Waals surface area contributed by atoms with Gasteiger partial charge in [-0.1, -0.05) is 0 Å². The largest absolute Gasteiger partial charge is 0.249 e. The number of hydrogen-bond donors (Lipinski definition) is 0. The third kappa shape index (κ3) is 9.89. The van der Waals surface area contributed by atoms with E-state index < -0.39 is 0 Å². The van der Waals surface area contributed by atoms with E-state index in [9.17, 15) is 9.59 Å². The second-order valence-corrected chi connectivity index (χ2v) is 0.975. The molecule has 0 aromatic carbocycles. The first-order valence-electron chi connectivity index (χ1n) is 1.22. The van der Waals surface area contributed by atoms with Crippen molar-refractivity contribution in [1.82, 2.24) is 0 Å². The van der Waals surface area contributed by atoms with E-state index in [-0.39, 0.29) is 51.4 Å². The fourth-order valence-electron chi connectivity index (χ4n) is 0.0537. The summed E-state index contributed by atoms with van der Waals surface area (Å²) in [5, 5.41) is 0. The van der Waals surface area contributed by atoms with Crippen LogP contribution in [0.4, 0.5) is 0 Å². The van der Waals surface area contributed by atoms with E-state index in [0.717, 1.165) is 0 Å². The van der Waals surface area contributed by atoms with Crippen LogP contribution in [0, 0.1) is 0 Å². The monoisotopic (exact) mass is 155 g/mol. The van der Waals surface area contributed by atoms with Gasteiger partial charge in [0.15, 0.2) is 0 Å². The normalized spacial score (nSPS) is 5.00. The average Bonchev–Trinajstić information content (AvgIpc) is 1.69. The minimum absolute atomic E-state index is 0. The Morgan fingerprint density at radius 1 is 1.12 bits per heavy atom. The molecule has 0 N–H and O–H groups in total. The Morgan fingerprint density at radius 2 is 1.50 bits per heavy atom. The van der Waals surface area contributed by atoms with Gasteiger partial charge in [0, 0.05) is 51.4 Å². The predicted octanol–water partition coefficient (Wildman–Crippen LogP) is -0.160. The molecular formula is C2KN2O2S. The molecule has 0 spiro atoms. The quantitative estimate of drug-likeness (QED) is 0.241. The number of hydrogen-bond acceptors (Lipinski definition) is 5. The molecule has 37 valence electrons. The van der Waals surface area contributed by atoms with Gasteiger partial charge in [-0.05, 0) is 0 Å². The summed E-state index contributed by atoms with van der Waals surface area (Å²) in [5.41, 5.74) is 0. The van der Waals surface area contributed by atoms with Crippen LogP contribution in [0.5, 0.6) is 0 Å². The van der Waals surface area contributed by atoms with Crippen LogP contribution in [0.2, 0.25) is 0 Å². The van der Waals surface area contributed by atoms with E-state index >= 15 is 0 Å². The van der Waals surface area contributed by atoms with E-state index in [4.69, 9.17) is 0 Å². The first-order valence-corrected chi connectivity index (χ1v) is 1.95. The van der Waals surface area contributed by atoms with E-state index in [1.165, 1.54) is 12.2 Å². The van der Waals surface area contributed by atoms with Crippen molar-refractivity contribution in [1.29, 1.82) is 0 Å². The number of isocyanates is 2. The molecule has 0 fully saturated rings. The molecule has 1 radical (unpaired) electrons. The van der Waals surface area contributed by atoms with Crippen LogP contribution in [-0.2, 0) is 9.59 Å². The van der Waals surface area contributed by atoms with Gasteiger partial charge in [-0.2, -0.15) is 0 Å². The summed E-state index contributed by atoms with van der Waals surface area (Å²) in [6.45, 7) is 0. The van der Waals surface area contributed by atoms with Gasteiger partial charge in [-0.3, -0.25) is 0 Å². The van der Waals surface area contributed by atoms with Crippen LogP contribution in [0.3, 0.4) is 0 Å². The zero-order chi connectivity index (χ0) is 5.54. The van der Waals surface area contributed by atoms with Gasteiger partial charge in [-0.25, -0.2) is 9.59 Å². The first kappa shape index (κ1) is 11.5. The zero-order valence-corrected chi connectivity index (χ0v) is 8.06. The summed E-state index contributed by atoms with van der Waals surface area (Å²) in [6.07, 6.45) is 2.34. The molecule has 0 unspecified atom stereocenters. The summed E-state index contributed by atoms with van der Waals surface area (Å²) >= 11 is 0.456. The molecule has 0 atom stereocenters. The second-order valence-electron chi connectivity index (χ2n) is 0.447. The van der Waals surface area contributed by atoms with Gasteiger partial charge in [0.1, 0.15) is 12.1 Å². The summed E-state index contributed by atoms with van der Waals surface area (Å²) in [4.78, 5) is 18.4. The van der Waals surface area contributed by atoms with Crippen LogP contribution < -0.4 is 0 Å². The van der Waals surface area contributed by atoms with Gasteiger partial charge < -0.3 is 0 Å². The van der Waals surface area contributed by atoms with Crippen molar-refractivity contribution in [3.63, 3.8) is 0 Å². The van der Waals surface area contributed by atoms with Crippen molar-refractivity contribution in [2.75, 3.05) is 0 Å². The summed E-state index contributed by atoms with van der Waals surface area (Å²) in [6, 6.07) is 0. The molecule has 0 saturated carbocycles. The number of carbonyl (C=O) groups excluding carboxylic acids is 2. The maximum Gasteiger partial charge on any atom is 0.249 e. The smallest absolute Gasteiger partial charge is 0.210 e. The van der Waals surface area contributed by atoms with Crippen LogP contribution in [0.15, 0.2) is 8.80 Å². The van der Waals surface area contributed by atoms with Crippen molar-refractivity contribution in [3.05, 3.63) is 0 Å². The van der Waals surface area contributed by atoms with Gasteiger partial charge in [0.05, 0.1) is 0 Å². The Kier molecular flexibility index (Phi) is 15.4. The Hall–Kier alpha value is 0.746. The third-order valence-corrected chi connectivity index (χ3v) is 0.469. The van der Waals surface area contributed by atoms with Crippen LogP contribution in [0.1, 0.15) is 0 Å². The van der Waals surface area contributed by atoms with Gasteiger partial charge >= 0.3 is 0 Å². The van der Waals surface area contributed by atoms with Crippen LogP contribution >= 0.6 is 12.1 Å². The Balaban J connectivity index is 0. The summed E-state index contributed by atoms with van der Waals surface area (Å²) in [7, 11) is 0. The van der Waals surface area contributed by atoms with E-state index in [2.05, 4.69) is 8.80 Å². The summed E-state index contributed by atoms with van der Waals surface area (Å²) in [5.74, 6) is 0. The molecule has 0 aliphatic heterocycles. The average molecular weight is 155 g/mol.